The quantitative estimate of drug-likeness (QED) is 0.384. The first kappa shape index (κ1) is 29.4. The Kier molecular flexibility index (Phi) is 102. The molecule has 90 valence electrons. The van der Waals surface area contributed by atoms with Crippen molar-refractivity contribution in [2.75, 3.05) is 0 Å². The Morgan fingerprint density at radius 2 is 0.714 bits per heavy atom. The minimum absolute atomic E-state index is 0. The van der Waals surface area contributed by atoms with Crippen LogP contribution >= 0.6 is 9.90 Å². The van der Waals surface area contributed by atoms with E-state index < -0.39 is 0 Å². The van der Waals surface area contributed by atoms with Gasteiger partial charge in [0.25, 0.3) is 0 Å². The second-order valence-corrected chi connectivity index (χ2v) is 2.56. The Hall–Kier alpha value is 0.949. The van der Waals surface area contributed by atoms with Crippen LogP contribution in [0.4, 0.5) is 0 Å². The molecule has 0 amide bonds. The Morgan fingerprint density at radius 1 is 0.643 bits per heavy atom. The Morgan fingerprint density at radius 3 is 0.714 bits per heavy atom. The van der Waals surface area contributed by atoms with Gasteiger partial charge >= 0.3 is 17.1 Å². The summed E-state index contributed by atoms with van der Waals surface area (Å²) in [6, 6.07) is 0. The van der Waals surface area contributed by atoms with Crippen molar-refractivity contribution < 1.29 is 17.1 Å². The SMILES string of the molecule is P.[CH2-]CCC.[CH2-]CCC.[CH2-]CCC.[Mn+3]. The molecule has 0 spiro atoms. The Bertz CT molecular complexity index is 25.8. The van der Waals surface area contributed by atoms with Crippen LogP contribution in [0.2, 0.25) is 0 Å². The molecule has 0 aliphatic carbocycles. The van der Waals surface area contributed by atoms with E-state index in [1.165, 1.54) is 19.3 Å². The van der Waals surface area contributed by atoms with Crippen LogP contribution in [-0.2, 0) is 17.1 Å². The monoisotopic (exact) mass is 260 g/mol. The molecule has 0 heterocycles. The average molecular weight is 260 g/mol. The number of unbranched alkanes of at least 4 members (excludes halogenated alkanes) is 3. The van der Waals surface area contributed by atoms with Crippen molar-refractivity contribution in [1.82, 2.24) is 0 Å². The van der Waals surface area contributed by atoms with E-state index in [9.17, 15) is 0 Å². The largest absolute Gasteiger partial charge is 3.00 e. The van der Waals surface area contributed by atoms with Gasteiger partial charge in [-0.15, -0.1) is 0 Å². The summed E-state index contributed by atoms with van der Waals surface area (Å²) < 4.78 is 0. The first-order valence-corrected chi connectivity index (χ1v) is 5.12. The third-order valence-corrected chi connectivity index (χ3v) is 1.06. The third kappa shape index (κ3) is 119. The van der Waals surface area contributed by atoms with E-state index in [-0.39, 0.29) is 27.0 Å². The molecule has 1 atom stereocenters. The predicted molar refractivity (Wildman–Crippen MR) is 71.9 cm³/mol. The standard InChI is InChI=1S/3C4H9.Mn.H3P/c3*1-3-4-2;;/h3*1,3-4H2,2H3;;1H3/q3*-1;+3;. The smallest absolute Gasteiger partial charge is 0.343 e. The van der Waals surface area contributed by atoms with Gasteiger partial charge in [0.05, 0.1) is 0 Å². The maximum absolute atomic E-state index is 3.60. The van der Waals surface area contributed by atoms with Gasteiger partial charge in [-0.05, 0) is 0 Å². The van der Waals surface area contributed by atoms with Crippen molar-refractivity contribution in [2.24, 2.45) is 0 Å². The maximum atomic E-state index is 3.60. The van der Waals surface area contributed by atoms with Crippen LogP contribution in [0.25, 0.3) is 0 Å². The van der Waals surface area contributed by atoms with E-state index in [0.717, 1.165) is 19.3 Å². The fourth-order valence-electron chi connectivity index (χ4n) is 0. The Balaban J connectivity index is -0.0000000270. The van der Waals surface area contributed by atoms with Crippen LogP contribution in [0, 0.1) is 20.8 Å². The molecule has 0 nitrogen and oxygen atoms in total. The van der Waals surface area contributed by atoms with Gasteiger partial charge in [0.15, 0.2) is 0 Å². The number of hydrogen-bond donors (Lipinski definition) is 0. The average Bonchev–Trinajstić information content (AvgIpc) is 2.18. The maximum Gasteiger partial charge on any atom is 3.00 e. The molecule has 0 aromatic heterocycles. The fraction of sp³-hybridized carbons (Fsp3) is 0.750. The number of hydrogen-bond acceptors (Lipinski definition) is 0. The molecule has 2 heteroatoms. The number of rotatable bonds is 3. The zero-order valence-corrected chi connectivity index (χ0v) is 13.0. The van der Waals surface area contributed by atoms with Gasteiger partial charge in [0.2, 0.25) is 0 Å². The van der Waals surface area contributed by atoms with Crippen LogP contribution in [-0.4, -0.2) is 0 Å². The zero-order valence-electron chi connectivity index (χ0n) is 10.4. The summed E-state index contributed by atoms with van der Waals surface area (Å²) in [5.74, 6) is 0. The summed E-state index contributed by atoms with van der Waals surface area (Å²) in [5.41, 5.74) is 0. The van der Waals surface area contributed by atoms with Gasteiger partial charge in [-0.3, -0.25) is 0 Å². The summed E-state index contributed by atoms with van der Waals surface area (Å²) >= 11 is 0. The molecule has 0 saturated heterocycles. The predicted octanol–water partition coefficient (Wildman–Crippen LogP) is 4.92. The summed E-state index contributed by atoms with van der Waals surface area (Å²) in [6.45, 7) is 17.2. The second-order valence-electron chi connectivity index (χ2n) is 2.56. The molecule has 1 unspecified atom stereocenters. The zero-order chi connectivity index (χ0) is 10.2. The van der Waals surface area contributed by atoms with Crippen molar-refractivity contribution in [2.45, 2.75) is 59.3 Å². The van der Waals surface area contributed by atoms with Crippen molar-refractivity contribution >= 4 is 9.90 Å². The van der Waals surface area contributed by atoms with Crippen LogP contribution in [0.3, 0.4) is 0 Å². The molecule has 14 heavy (non-hydrogen) atoms. The van der Waals surface area contributed by atoms with Gasteiger partial charge < -0.3 is 20.8 Å². The summed E-state index contributed by atoms with van der Waals surface area (Å²) in [4.78, 5) is 0. The third-order valence-electron chi connectivity index (χ3n) is 1.06. The van der Waals surface area contributed by atoms with Crippen LogP contribution in [0.5, 0.6) is 0 Å². The first-order valence-electron chi connectivity index (χ1n) is 5.12. The molecule has 0 radical (unpaired) electrons. The molecular weight excluding hydrogens is 230 g/mol. The molecule has 0 aliphatic heterocycles. The molecule has 0 aromatic carbocycles. The summed E-state index contributed by atoms with van der Waals surface area (Å²) in [6.07, 6.45) is 6.83. The summed E-state index contributed by atoms with van der Waals surface area (Å²) in [7, 11) is 0. The van der Waals surface area contributed by atoms with E-state index in [0.29, 0.717) is 0 Å². The molecule has 0 rings (SSSR count). The minimum Gasteiger partial charge on any atom is -0.343 e. The molecule has 0 bridgehead atoms. The van der Waals surface area contributed by atoms with E-state index in [4.69, 9.17) is 0 Å². The van der Waals surface area contributed by atoms with Crippen LogP contribution in [0.1, 0.15) is 59.3 Å². The van der Waals surface area contributed by atoms with E-state index in [1.807, 2.05) is 0 Å². The van der Waals surface area contributed by atoms with E-state index in [1.54, 1.807) is 0 Å². The van der Waals surface area contributed by atoms with Gasteiger partial charge in [-0.25, -0.2) is 0 Å². The molecule has 0 aromatic rings. The van der Waals surface area contributed by atoms with Crippen LogP contribution < -0.4 is 0 Å². The van der Waals surface area contributed by atoms with Gasteiger partial charge in [-0.2, -0.15) is 29.2 Å². The molecule has 0 saturated carbocycles. The minimum atomic E-state index is 0. The molecule has 0 aliphatic rings. The van der Waals surface area contributed by atoms with Gasteiger partial charge in [0, 0.05) is 0 Å². The van der Waals surface area contributed by atoms with E-state index in [2.05, 4.69) is 41.5 Å². The van der Waals surface area contributed by atoms with Crippen molar-refractivity contribution in [3.05, 3.63) is 20.8 Å². The van der Waals surface area contributed by atoms with Crippen molar-refractivity contribution in [3.63, 3.8) is 0 Å². The molecule has 0 fully saturated rings. The first-order chi connectivity index (χ1) is 5.74. The normalized spacial score (nSPS) is 6.43. The van der Waals surface area contributed by atoms with Gasteiger partial charge in [0.1, 0.15) is 0 Å². The van der Waals surface area contributed by atoms with Crippen molar-refractivity contribution in [3.8, 4) is 0 Å². The second kappa shape index (κ2) is 48.4. The van der Waals surface area contributed by atoms with E-state index >= 15 is 0 Å². The molecular formula is C12H30MnP. The van der Waals surface area contributed by atoms with Crippen LogP contribution in [0.15, 0.2) is 0 Å². The Labute approximate surface area is 107 Å². The molecule has 0 N–H and O–H groups in total. The topological polar surface area (TPSA) is 0 Å². The van der Waals surface area contributed by atoms with Gasteiger partial charge in [-0.1, -0.05) is 40.0 Å². The summed E-state index contributed by atoms with van der Waals surface area (Å²) in [5, 5.41) is 0. The fourth-order valence-corrected chi connectivity index (χ4v) is 0. The van der Waals surface area contributed by atoms with Crippen molar-refractivity contribution in [1.29, 1.82) is 0 Å².